The van der Waals surface area contributed by atoms with Crippen LogP contribution in [0.15, 0.2) is 0 Å². The summed E-state index contributed by atoms with van der Waals surface area (Å²) in [7, 11) is 0. The molecule has 0 bridgehead atoms. The van der Waals surface area contributed by atoms with Gasteiger partial charge in [0.05, 0.1) is 6.10 Å². The molecule has 2 aliphatic heterocycles. The Balaban J connectivity index is 1.37. The lowest BCUT2D eigenvalue weighted by molar-refractivity contribution is 0.0306. The third-order valence-electron chi connectivity index (χ3n) is 4.71. The maximum atomic E-state index is 5.95. The van der Waals surface area contributed by atoms with Gasteiger partial charge in [-0.05, 0) is 71.2 Å². The molecule has 2 saturated heterocycles. The van der Waals surface area contributed by atoms with Crippen molar-refractivity contribution in [3.63, 3.8) is 0 Å². The molecule has 0 amide bonds. The second-order valence-electron chi connectivity index (χ2n) is 6.49. The SMILES string of the molecule is C(CCCN1CCCCCC1)CCOC1CCNCC1. The highest BCUT2D eigenvalue weighted by Crippen LogP contribution is 2.12. The molecule has 0 aliphatic carbocycles. The molecule has 0 spiro atoms. The first-order valence-corrected chi connectivity index (χ1v) is 9.00. The monoisotopic (exact) mass is 282 g/mol. The molecule has 2 rings (SSSR count). The smallest absolute Gasteiger partial charge is 0.0599 e. The Bertz CT molecular complexity index is 221. The highest BCUT2D eigenvalue weighted by Gasteiger charge is 2.12. The van der Waals surface area contributed by atoms with Crippen molar-refractivity contribution in [1.29, 1.82) is 0 Å². The third kappa shape index (κ3) is 7.05. The van der Waals surface area contributed by atoms with Crippen LogP contribution in [-0.4, -0.2) is 50.3 Å². The lowest BCUT2D eigenvalue weighted by Crippen LogP contribution is -2.32. The zero-order valence-electron chi connectivity index (χ0n) is 13.2. The molecule has 0 unspecified atom stereocenters. The molecular weight excluding hydrogens is 248 g/mol. The van der Waals surface area contributed by atoms with Crippen molar-refractivity contribution >= 4 is 0 Å². The first-order chi connectivity index (χ1) is 9.95. The van der Waals surface area contributed by atoms with E-state index < -0.39 is 0 Å². The number of nitrogens with zero attached hydrogens (tertiary/aromatic N) is 1. The topological polar surface area (TPSA) is 24.5 Å². The summed E-state index contributed by atoms with van der Waals surface area (Å²) in [6.45, 7) is 7.28. The van der Waals surface area contributed by atoms with Gasteiger partial charge in [0.1, 0.15) is 0 Å². The van der Waals surface area contributed by atoms with Gasteiger partial charge in [-0.1, -0.05) is 25.7 Å². The van der Waals surface area contributed by atoms with Gasteiger partial charge in [0.25, 0.3) is 0 Å². The molecular formula is C17H34N2O. The van der Waals surface area contributed by atoms with Gasteiger partial charge in [-0.25, -0.2) is 0 Å². The minimum atomic E-state index is 0.536. The summed E-state index contributed by atoms with van der Waals surface area (Å²) in [4.78, 5) is 2.68. The van der Waals surface area contributed by atoms with Crippen LogP contribution >= 0.6 is 0 Å². The fourth-order valence-electron chi connectivity index (χ4n) is 3.36. The Morgan fingerprint density at radius 3 is 2.30 bits per heavy atom. The van der Waals surface area contributed by atoms with Crippen LogP contribution in [0.4, 0.5) is 0 Å². The maximum absolute atomic E-state index is 5.95. The van der Waals surface area contributed by atoms with Crippen LogP contribution in [0.3, 0.4) is 0 Å². The van der Waals surface area contributed by atoms with Crippen LogP contribution in [-0.2, 0) is 4.74 Å². The van der Waals surface area contributed by atoms with E-state index in [0.717, 1.165) is 19.7 Å². The van der Waals surface area contributed by atoms with Crippen LogP contribution in [0.25, 0.3) is 0 Å². The average molecular weight is 282 g/mol. The summed E-state index contributed by atoms with van der Waals surface area (Å²) in [5, 5.41) is 3.38. The normalized spacial score (nSPS) is 22.8. The van der Waals surface area contributed by atoms with E-state index in [1.807, 2.05) is 0 Å². The van der Waals surface area contributed by atoms with Crippen LogP contribution in [0.1, 0.15) is 64.2 Å². The molecule has 0 aromatic carbocycles. The Morgan fingerprint density at radius 1 is 0.850 bits per heavy atom. The zero-order valence-corrected chi connectivity index (χ0v) is 13.2. The molecule has 2 heterocycles. The highest BCUT2D eigenvalue weighted by molar-refractivity contribution is 4.68. The molecule has 3 nitrogen and oxygen atoms in total. The predicted octanol–water partition coefficient (Wildman–Crippen LogP) is 3.19. The van der Waals surface area contributed by atoms with Crippen molar-refractivity contribution < 1.29 is 4.74 Å². The van der Waals surface area contributed by atoms with Crippen molar-refractivity contribution in [3.8, 4) is 0 Å². The van der Waals surface area contributed by atoms with E-state index in [4.69, 9.17) is 4.74 Å². The van der Waals surface area contributed by atoms with Gasteiger partial charge < -0.3 is 15.0 Å². The number of nitrogens with one attached hydrogen (secondary N) is 1. The van der Waals surface area contributed by atoms with E-state index in [1.165, 1.54) is 83.8 Å². The highest BCUT2D eigenvalue weighted by atomic mass is 16.5. The molecule has 20 heavy (non-hydrogen) atoms. The first kappa shape index (κ1) is 16.3. The number of ether oxygens (including phenoxy) is 1. The minimum Gasteiger partial charge on any atom is -0.378 e. The molecule has 0 aromatic rings. The maximum Gasteiger partial charge on any atom is 0.0599 e. The van der Waals surface area contributed by atoms with E-state index in [9.17, 15) is 0 Å². The van der Waals surface area contributed by atoms with Gasteiger partial charge in [0.15, 0.2) is 0 Å². The Morgan fingerprint density at radius 2 is 1.55 bits per heavy atom. The number of hydrogen-bond donors (Lipinski definition) is 1. The number of likely N-dealkylation sites (tertiary alicyclic amines) is 1. The van der Waals surface area contributed by atoms with Gasteiger partial charge in [0.2, 0.25) is 0 Å². The van der Waals surface area contributed by atoms with Gasteiger partial charge in [-0.3, -0.25) is 0 Å². The van der Waals surface area contributed by atoms with E-state index in [1.54, 1.807) is 0 Å². The molecule has 2 aliphatic rings. The lowest BCUT2D eigenvalue weighted by Gasteiger charge is -2.23. The summed E-state index contributed by atoms with van der Waals surface area (Å²) in [5.74, 6) is 0. The van der Waals surface area contributed by atoms with Crippen LogP contribution in [0.2, 0.25) is 0 Å². The largest absolute Gasteiger partial charge is 0.378 e. The Hall–Kier alpha value is -0.120. The van der Waals surface area contributed by atoms with Crippen molar-refractivity contribution in [2.45, 2.75) is 70.3 Å². The van der Waals surface area contributed by atoms with E-state index in [-0.39, 0.29) is 0 Å². The van der Waals surface area contributed by atoms with Gasteiger partial charge in [-0.2, -0.15) is 0 Å². The summed E-state index contributed by atoms with van der Waals surface area (Å²) >= 11 is 0. The van der Waals surface area contributed by atoms with Crippen LogP contribution in [0.5, 0.6) is 0 Å². The standard InChI is InChI=1S/C17H34N2O/c1-2-6-14-19(13-5-1)15-7-3-4-8-16-20-17-9-11-18-12-10-17/h17-18H,1-16H2. The minimum absolute atomic E-state index is 0.536. The second-order valence-corrected chi connectivity index (χ2v) is 6.49. The molecule has 0 aromatic heterocycles. The molecule has 1 N–H and O–H groups in total. The Kier molecular flexibility index (Phi) is 8.60. The average Bonchev–Trinajstić information content (AvgIpc) is 2.76. The van der Waals surface area contributed by atoms with Gasteiger partial charge in [0, 0.05) is 6.61 Å². The summed E-state index contributed by atoms with van der Waals surface area (Å²) in [6.07, 6.45) is 14.0. The summed E-state index contributed by atoms with van der Waals surface area (Å²) in [5.41, 5.74) is 0. The third-order valence-corrected chi connectivity index (χ3v) is 4.71. The molecule has 0 saturated carbocycles. The van der Waals surface area contributed by atoms with Crippen molar-refractivity contribution in [2.24, 2.45) is 0 Å². The van der Waals surface area contributed by atoms with Crippen molar-refractivity contribution in [3.05, 3.63) is 0 Å². The van der Waals surface area contributed by atoms with Gasteiger partial charge >= 0.3 is 0 Å². The molecule has 3 heteroatoms. The van der Waals surface area contributed by atoms with Crippen LogP contribution in [0, 0.1) is 0 Å². The molecule has 118 valence electrons. The zero-order chi connectivity index (χ0) is 13.9. The molecule has 0 radical (unpaired) electrons. The van der Waals surface area contributed by atoms with Crippen molar-refractivity contribution in [1.82, 2.24) is 10.2 Å². The molecule has 0 atom stereocenters. The number of piperidine rings is 1. The summed E-state index contributed by atoms with van der Waals surface area (Å²) in [6, 6.07) is 0. The second kappa shape index (κ2) is 10.6. The quantitative estimate of drug-likeness (QED) is 0.692. The fraction of sp³-hybridized carbons (Fsp3) is 1.00. The van der Waals surface area contributed by atoms with E-state index in [0.29, 0.717) is 6.10 Å². The summed E-state index contributed by atoms with van der Waals surface area (Å²) < 4.78 is 5.95. The van der Waals surface area contributed by atoms with Gasteiger partial charge in [-0.15, -0.1) is 0 Å². The molecule has 2 fully saturated rings. The van der Waals surface area contributed by atoms with E-state index in [2.05, 4.69) is 10.2 Å². The van der Waals surface area contributed by atoms with E-state index >= 15 is 0 Å². The van der Waals surface area contributed by atoms with Crippen molar-refractivity contribution in [2.75, 3.05) is 39.3 Å². The number of hydrogen-bond acceptors (Lipinski definition) is 3. The number of rotatable bonds is 8. The fourth-order valence-corrected chi connectivity index (χ4v) is 3.36. The Labute approximate surface area is 125 Å². The first-order valence-electron chi connectivity index (χ1n) is 9.00. The predicted molar refractivity (Wildman–Crippen MR) is 85.2 cm³/mol. The lowest BCUT2D eigenvalue weighted by atomic mass is 10.1. The number of unbranched alkanes of at least 4 members (excludes halogenated alkanes) is 3. The van der Waals surface area contributed by atoms with Crippen LogP contribution < -0.4 is 5.32 Å².